The standard InChI is InChI=1S/C14H13FO5/c1-8(2)13(17)19-9(3)14(18)20-12-10(7-16)5-4-6-11(12)15/h4-7,9H,1H2,2-3H3. The third-order valence-electron chi connectivity index (χ3n) is 2.29. The first-order chi connectivity index (χ1) is 9.36. The molecule has 0 heterocycles. The number of benzene rings is 1. The molecule has 0 radical (unpaired) electrons. The zero-order valence-electron chi connectivity index (χ0n) is 11.0. The number of aldehydes is 1. The topological polar surface area (TPSA) is 69.7 Å². The summed E-state index contributed by atoms with van der Waals surface area (Å²) in [7, 11) is 0. The molecular formula is C14H13FO5. The van der Waals surface area contributed by atoms with E-state index in [1.165, 1.54) is 26.0 Å². The number of hydrogen-bond donors (Lipinski definition) is 0. The molecule has 0 aromatic heterocycles. The Morgan fingerprint density at radius 1 is 1.40 bits per heavy atom. The summed E-state index contributed by atoms with van der Waals surface area (Å²) in [4.78, 5) is 33.7. The quantitative estimate of drug-likeness (QED) is 0.357. The number of hydrogen-bond acceptors (Lipinski definition) is 5. The SMILES string of the molecule is C=C(C)C(=O)OC(C)C(=O)Oc1c(F)cccc1C=O. The Morgan fingerprint density at radius 3 is 2.60 bits per heavy atom. The zero-order chi connectivity index (χ0) is 15.3. The Hall–Kier alpha value is -2.50. The van der Waals surface area contributed by atoms with E-state index in [1.807, 2.05) is 0 Å². The molecule has 0 aliphatic carbocycles. The summed E-state index contributed by atoms with van der Waals surface area (Å²) < 4.78 is 23.0. The van der Waals surface area contributed by atoms with Crippen molar-refractivity contribution in [3.8, 4) is 5.75 Å². The van der Waals surface area contributed by atoms with Crippen molar-refractivity contribution in [2.75, 3.05) is 0 Å². The van der Waals surface area contributed by atoms with Crippen molar-refractivity contribution in [1.29, 1.82) is 0 Å². The molecule has 1 aromatic carbocycles. The number of halogens is 1. The molecule has 0 fully saturated rings. The van der Waals surface area contributed by atoms with Gasteiger partial charge in [-0.3, -0.25) is 4.79 Å². The van der Waals surface area contributed by atoms with Gasteiger partial charge in [0.2, 0.25) is 0 Å². The zero-order valence-corrected chi connectivity index (χ0v) is 11.0. The number of carbonyl (C=O) groups is 3. The molecule has 20 heavy (non-hydrogen) atoms. The summed E-state index contributed by atoms with van der Waals surface area (Å²) in [6.45, 7) is 6.05. The van der Waals surface area contributed by atoms with Crippen molar-refractivity contribution in [3.63, 3.8) is 0 Å². The molecule has 106 valence electrons. The summed E-state index contributed by atoms with van der Waals surface area (Å²) in [5.74, 6) is -3.11. The molecule has 0 bridgehead atoms. The van der Waals surface area contributed by atoms with Crippen LogP contribution in [0.25, 0.3) is 0 Å². The Morgan fingerprint density at radius 2 is 2.05 bits per heavy atom. The summed E-state index contributed by atoms with van der Waals surface area (Å²) in [6, 6.07) is 3.64. The summed E-state index contributed by atoms with van der Waals surface area (Å²) in [5.41, 5.74) is 0.000833. The Labute approximate surface area is 115 Å². The molecule has 0 N–H and O–H groups in total. The molecule has 1 aromatic rings. The largest absolute Gasteiger partial charge is 0.447 e. The summed E-state index contributed by atoms with van der Waals surface area (Å²) in [6.07, 6.45) is -0.894. The van der Waals surface area contributed by atoms with Gasteiger partial charge in [-0.15, -0.1) is 0 Å². The van der Waals surface area contributed by atoms with Gasteiger partial charge in [0.15, 0.2) is 24.0 Å². The predicted molar refractivity (Wildman–Crippen MR) is 67.8 cm³/mol. The molecule has 1 unspecified atom stereocenters. The molecule has 0 saturated carbocycles. The molecule has 0 aliphatic rings. The second-order valence-electron chi connectivity index (χ2n) is 4.03. The fraction of sp³-hybridized carbons (Fsp3) is 0.214. The number of esters is 2. The van der Waals surface area contributed by atoms with Crippen molar-refractivity contribution in [1.82, 2.24) is 0 Å². The van der Waals surface area contributed by atoms with Gasteiger partial charge in [-0.2, -0.15) is 0 Å². The van der Waals surface area contributed by atoms with Gasteiger partial charge in [0.1, 0.15) is 0 Å². The second-order valence-corrected chi connectivity index (χ2v) is 4.03. The Bertz CT molecular complexity index is 565. The van der Waals surface area contributed by atoms with Gasteiger partial charge in [-0.05, 0) is 26.0 Å². The minimum atomic E-state index is -1.25. The first kappa shape index (κ1) is 15.6. The minimum absolute atomic E-state index is 0.114. The van der Waals surface area contributed by atoms with Gasteiger partial charge in [-0.25, -0.2) is 14.0 Å². The van der Waals surface area contributed by atoms with Crippen molar-refractivity contribution >= 4 is 18.2 Å². The van der Waals surface area contributed by atoms with Gasteiger partial charge in [0.05, 0.1) is 5.56 Å². The van der Waals surface area contributed by atoms with E-state index in [2.05, 4.69) is 6.58 Å². The van der Waals surface area contributed by atoms with E-state index < -0.39 is 29.6 Å². The van der Waals surface area contributed by atoms with Crippen LogP contribution >= 0.6 is 0 Å². The molecule has 6 heteroatoms. The molecule has 0 spiro atoms. The van der Waals surface area contributed by atoms with E-state index in [4.69, 9.17) is 9.47 Å². The van der Waals surface area contributed by atoms with E-state index in [1.54, 1.807) is 0 Å². The number of carbonyl (C=O) groups excluding carboxylic acids is 3. The lowest BCUT2D eigenvalue weighted by molar-refractivity contribution is -0.158. The van der Waals surface area contributed by atoms with E-state index in [9.17, 15) is 18.8 Å². The van der Waals surface area contributed by atoms with Crippen LogP contribution < -0.4 is 4.74 Å². The fourth-order valence-corrected chi connectivity index (χ4v) is 1.22. The highest BCUT2D eigenvalue weighted by Gasteiger charge is 2.22. The molecular weight excluding hydrogens is 267 g/mol. The highest BCUT2D eigenvalue weighted by molar-refractivity contribution is 5.90. The highest BCUT2D eigenvalue weighted by atomic mass is 19.1. The fourth-order valence-electron chi connectivity index (χ4n) is 1.22. The van der Waals surface area contributed by atoms with E-state index >= 15 is 0 Å². The van der Waals surface area contributed by atoms with E-state index in [-0.39, 0.29) is 11.1 Å². The molecule has 1 rings (SSSR count). The average Bonchev–Trinajstić information content (AvgIpc) is 2.40. The maximum absolute atomic E-state index is 13.5. The number of rotatable bonds is 5. The van der Waals surface area contributed by atoms with E-state index in [0.717, 1.165) is 6.07 Å². The average molecular weight is 280 g/mol. The molecule has 0 amide bonds. The van der Waals surface area contributed by atoms with Crippen molar-refractivity contribution in [3.05, 3.63) is 41.7 Å². The van der Waals surface area contributed by atoms with Crippen molar-refractivity contribution in [2.24, 2.45) is 0 Å². The predicted octanol–water partition coefficient (Wildman–Crippen LogP) is 2.05. The van der Waals surface area contributed by atoms with Crippen LogP contribution in [0.1, 0.15) is 24.2 Å². The maximum Gasteiger partial charge on any atom is 0.352 e. The van der Waals surface area contributed by atoms with Crippen LogP contribution in [0.5, 0.6) is 5.75 Å². The van der Waals surface area contributed by atoms with Crippen LogP contribution in [0.4, 0.5) is 4.39 Å². The molecule has 1 atom stereocenters. The lowest BCUT2D eigenvalue weighted by atomic mass is 10.2. The smallest absolute Gasteiger partial charge is 0.352 e. The molecule has 0 saturated heterocycles. The highest BCUT2D eigenvalue weighted by Crippen LogP contribution is 2.21. The molecule has 0 aliphatic heterocycles. The van der Waals surface area contributed by atoms with Crippen LogP contribution in [0.3, 0.4) is 0 Å². The van der Waals surface area contributed by atoms with E-state index in [0.29, 0.717) is 6.29 Å². The number of ether oxygens (including phenoxy) is 2. The minimum Gasteiger partial charge on any atom is -0.447 e. The van der Waals surface area contributed by atoms with Crippen LogP contribution in [0.15, 0.2) is 30.4 Å². The van der Waals surface area contributed by atoms with Gasteiger partial charge >= 0.3 is 11.9 Å². The number of para-hydroxylation sites is 1. The van der Waals surface area contributed by atoms with Crippen LogP contribution in [-0.2, 0) is 14.3 Å². The summed E-state index contributed by atoms with van der Waals surface area (Å²) in [5, 5.41) is 0. The lowest BCUT2D eigenvalue weighted by Gasteiger charge is -2.13. The van der Waals surface area contributed by atoms with Crippen LogP contribution in [-0.4, -0.2) is 24.3 Å². The molecule has 5 nitrogen and oxygen atoms in total. The van der Waals surface area contributed by atoms with Crippen LogP contribution in [0.2, 0.25) is 0 Å². The summed E-state index contributed by atoms with van der Waals surface area (Å²) >= 11 is 0. The van der Waals surface area contributed by atoms with Gasteiger partial charge in [-0.1, -0.05) is 12.6 Å². The van der Waals surface area contributed by atoms with Crippen LogP contribution in [0, 0.1) is 5.82 Å². The maximum atomic E-state index is 13.5. The third-order valence-corrected chi connectivity index (χ3v) is 2.29. The first-order valence-electron chi connectivity index (χ1n) is 5.68. The Kier molecular flexibility index (Phi) is 5.14. The monoisotopic (exact) mass is 280 g/mol. The first-order valence-corrected chi connectivity index (χ1v) is 5.68. The third kappa shape index (κ3) is 3.74. The Balaban J connectivity index is 2.83. The second kappa shape index (κ2) is 6.60. The van der Waals surface area contributed by atoms with Gasteiger partial charge in [0.25, 0.3) is 0 Å². The van der Waals surface area contributed by atoms with Gasteiger partial charge < -0.3 is 9.47 Å². The van der Waals surface area contributed by atoms with Gasteiger partial charge in [0, 0.05) is 5.57 Å². The van der Waals surface area contributed by atoms with Crippen molar-refractivity contribution < 1.29 is 28.2 Å². The normalized spacial score (nSPS) is 11.3. The lowest BCUT2D eigenvalue weighted by Crippen LogP contribution is -2.29. The van der Waals surface area contributed by atoms with Crippen molar-refractivity contribution in [2.45, 2.75) is 20.0 Å².